The molecule has 1 saturated heterocycles. The molecular weight excluding hydrogens is 544 g/mol. The molecule has 2 aromatic rings. The third-order valence-electron chi connectivity index (χ3n) is 7.05. The maximum Gasteiger partial charge on any atom is 0.325 e. The molecule has 2 aliphatic rings. The highest BCUT2D eigenvalue weighted by molar-refractivity contribution is 6.31. The Kier molecular flexibility index (Phi) is 7.80. The van der Waals surface area contributed by atoms with Crippen LogP contribution >= 0.6 is 23.2 Å². The van der Waals surface area contributed by atoms with Gasteiger partial charge in [-0.25, -0.2) is 4.39 Å². The van der Waals surface area contributed by atoms with E-state index in [0.29, 0.717) is 22.7 Å². The minimum Gasteiger partial charge on any atom is -0.459 e. The molecule has 4 rings (SSSR count). The number of nitrogens with one attached hydrogen (secondary N) is 3. The van der Waals surface area contributed by atoms with Crippen molar-refractivity contribution in [3.63, 3.8) is 0 Å². The van der Waals surface area contributed by atoms with E-state index in [-0.39, 0.29) is 28.5 Å². The van der Waals surface area contributed by atoms with Gasteiger partial charge in [-0.2, -0.15) is 0 Å². The van der Waals surface area contributed by atoms with E-state index < -0.39 is 46.7 Å². The molecule has 1 fully saturated rings. The monoisotopic (exact) mass is 577 g/mol. The second-order valence-corrected chi connectivity index (χ2v) is 13.2. The van der Waals surface area contributed by atoms with Gasteiger partial charge in [-0.1, -0.05) is 62.2 Å². The first-order valence-corrected chi connectivity index (χ1v) is 13.6. The molecule has 2 heterocycles. The Morgan fingerprint density at radius 2 is 1.79 bits per heavy atom. The summed E-state index contributed by atoms with van der Waals surface area (Å²) in [5.74, 6) is -3.24. The number of esters is 1. The Morgan fingerprint density at radius 1 is 1.10 bits per heavy atom. The molecule has 39 heavy (non-hydrogen) atoms. The zero-order valence-electron chi connectivity index (χ0n) is 22.9. The number of hydrogen-bond acceptors (Lipinski definition) is 5. The molecule has 0 aromatic heterocycles. The largest absolute Gasteiger partial charge is 0.459 e. The SMILES string of the molecule is CC(C)(C)C[C@@H]1N[C@@H](C(=O)NCC(=O)OC(C)(C)C)[C@H](c2cccc(Cl)c2F)[C@]12C(=O)Nc1cc(Cl)ccc12. The van der Waals surface area contributed by atoms with Gasteiger partial charge in [0.2, 0.25) is 11.8 Å². The highest BCUT2D eigenvalue weighted by atomic mass is 35.5. The number of rotatable bonds is 5. The van der Waals surface area contributed by atoms with Crippen molar-refractivity contribution < 1.29 is 23.5 Å². The van der Waals surface area contributed by atoms with E-state index in [4.69, 9.17) is 27.9 Å². The lowest BCUT2D eigenvalue weighted by atomic mass is 9.62. The summed E-state index contributed by atoms with van der Waals surface area (Å²) >= 11 is 12.5. The third kappa shape index (κ3) is 5.65. The number of halogens is 3. The quantitative estimate of drug-likeness (QED) is 0.417. The lowest BCUT2D eigenvalue weighted by Crippen LogP contribution is -2.49. The molecular formula is C29H34Cl2FN3O4. The van der Waals surface area contributed by atoms with Crippen molar-refractivity contribution in [3.8, 4) is 0 Å². The van der Waals surface area contributed by atoms with Gasteiger partial charge in [-0.05, 0) is 61.9 Å². The summed E-state index contributed by atoms with van der Waals surface area (Å²) in [5, 5.41) is 9.24. The van der Waals surface area contributed by atoms with Crippen LogP contribution in [0.25, 0.3) is 0 Å². The second-order valence-electron chi connectivity index (χ2n) is 12.4. The zero-order valence-corrected chi connectivity index (χ0v) is 24.4. The van der Waals surface area contributed by atoms with Crippen LogP contribution in [0.5, 0.6) is 0 Å². The van der Waals surface area contributed by atoms with Gasteiger partial charge < -0.3 is 20.7 Å². The normalized spacial score (nSPS) is 24.4. The minimum absolute atomic E-state index is 0.121. The van der Waals surface area contributed by atoms with Gasteiger partial charge >= 0.3 is 5.97 Å². The standard InChI is InChI=1S/C29H34Cl2FN3O4/c1-27(2,3)13-20-29(17-11-10-15(30)12-19(17)34-26(29)38)22(16-8-7-9-18(31)23(16)32)24(35-20)25(37)33-14-21(36)39-28(4,5)6/h7-12,20,22,24,35H,13-14H2,1-6H3,(H,33,37)(H,34,38)/t20-,22-,24+,29+/m0/s1. The Morgan fingerprint density at radius 3 is 2.44 bits per heavy atom. The lowest BCUT2D eigenvalue weighted by molar-refractivity contribution is -0.154. The van der Waals surface area contributed by atoms with E-state index in [1.807, 2.05) is 20.8 Å². The van der Waals surface area contributed by atoms with Crippen molar-refractivity contribution in [2.75, 3.05) is 11.9 Å². The molecule has 2 aliphatic heterocycles. The highest BCUT2D eigenvalue weighted by Gasteiger charge is 2.66. The molecule has 0 bridgehead atoms. The molecule has 7 nitrogen and oxygen atoms in total. The molecule has 3 N–H and O–H groups in total. The third-order valence-corrected chi connectivity index (χ3v) is 7.57. The van der Waals surface area contributed by atoms with E-state index >= 15 is 4.39 Å². The summed E-state index contributed by atoms with van der Waals surface area (Å²) in [6, 6.07) is 8.00. The maximum absolute atomic E-state index is 15.7. The van der Waals surface area contributed by atoms with Crippen molar-refractivity contribution in [1.82, 2.24) is 10.6 Å². The van der Waals surface area contributed by atoms with Gasteiger partial charge in [-0.15, -0.1) is 0 Å². The first-order valence-electron chi connectivity index (χ1n) is 12.9. The van der Waals surface area contributed by atoms with Crippen LogP contribution < -0.4 is 16.0 Å². The smallest absolute Gasteiger partial charge is 0.325 e. The number of carbonyl (C=O) groups is 3. The number of fused-ring (bicyclic) bond motifs is 2. The fraction of sp³-hybridized carbons (Fsp3) is 0.483. The summed E-state index contributed by atoms with van der Waals surface area (Å²) in [6.07, 6.45) is 0.483. The highest BCUT2D eigenvalue weighted by Crippen LogP contribution is 2.57. The summed E-state index contributed by atoms with van der Waals surface area (Å²) in [6.45, 7) is 10.9. The molecule has 0 aliphatic carbocycles. The first kappa shape index (κ1) is 29.3. The van der Waals surface area contributed by atoms with Gasteiger partial charge in [0, 0.05) is 22.7 Å². The number of carbonyl (C=O) groups excluding carboxylic acids is 3. The molecule has 10 heteroatoms. The van der Waals surface area contributed by atoms with Crippen LogP contribution in [0.4, 0.5) is 10.1 Å². The topological polar surface area (TPSA) is 96.5 Å². The van der Waals surface area contributed by atoms with Gasteiger partial charge in [0.1, 0.15) is 23.4 Å². The number of amides is 2. The van der Waals surface area contributed by atoms with Crippen molar-refractivity contribution in [2.24, 2.45) is 5.41 Å². The zero-order chi connectivity index (χ0) is 28.9. The van der Waals surface area contributed by atoms with Crippen LogP contribution in [0.1, 0.15) is 65.0 Å². The molecule has 210 valence electrons. The van der Waals surface area contributed by atoms with Gasteiger partial charge in [0.05, 0.1) is 11.1 Å². The Hall–Kier alpha value is -2.68. The second kappa shape index (κ2) is 10.4. The van der Waals surface area contributed by atoms with Crippen LogP contribution in [0.2, 0.25) is 10.0 Å². The average Bonchev–Trinajstić information content (AvgIpc) is 3.27. The van der Waals surface area contributed by atoms with Crippen LogP contribution in [-0.4, -0.2) is 42.0 Å². The number of benzene rings is 2. The summed E-state index contributed by atoms with van der Waals surface area (Å²) in [4.78, 5) is 40.2. The Labute approximate surface area is 238 Å². The molecule has 4 atom stereocenters. The van der Waals surface area contributed by atoms with Crippen LogP contribution in [-0.2, 0) is 24.5 Å². The summed E-state index contributed by atoms with van der Waals surface area (Å²) in [5.41, 5.74) is -1.11. The van der Waals surface area contributed by atoms with Gasteiger partial charge in [0.25, 0.3) is 0 Å². The summed E-state index contributed by atoms with van der Waals surface area (Å²) < 4.78 is 21.1. The summed E-state index contributed by atoms with van der Waals surface area (Å²) in [7, 11) is 0. The van der Waals surface area contributed by atoms with Gasteiger partial charge in [-0.3, -0.25) is 14.4 Å². The number of ether oxygens (including phenoxy) is 1. The fourth-order valence-corrected chi connectivity index (χ4v) is 6.15. The van der Waals surface area contributed by atoms with E-state index in [0.717, 1.165) is 0 Å². The van der Waals surface area contributed by atoms with Crippen LogP contribution in [0, 0.1) is 11.2 Å². The van der Waals surface area contributed by atoms with E-state index in [1.54, 1.807) is 51.1 Å². The molecule has 0 radical (unpaired) electrons. The number of hydrogen-bond donors (Lipinski definition) is 3. The average molecular weight is 579 g/mol. The predicted molar refractivity (Wildman–Crippen MR) is 150 cm³/mol. The van der Waals surface area contributed by atoms with Crippen molar-refractivity contribution in [3.05, 3.63) is 63.4 Å². The minimum atomic E-state index is -1.37. The molecule has 1 spiro atoms. The maximum atomic E-state index is 15.7. The fourth-order valence-electron chi connectivity index (χ4n) is 5.80. The Balaban J connectivity index is 1.87. The van der Waals surface area contributed by atoms with Crippen molar-refractivity contribution in [2.45, 2.75) is 77.0 Å². The van der Waals surface area contributed by atoms with Crippen molar-refractivity contribution in [1.29, 1.82) is 0 Å². The lowest BCUT2D eigenvalue weighted by Gasteiger charge is -2.37. The predicted octanol–water partition coefficient (Wildman–Crippen LogP) is 5.34. The number of anilines is 1. The van der Waals surface area contributed by atoms with Crippen LogP contribution in [0.3, 0.4) is 0 Å². The van der Waals surface area contributed by atoms with E-state index in [2.05, 4.69) is 16.0 Å². The van der Waals surface area contributed by atoms with E-state index in [9.17, 15) is 14.4 Å². The Bertz CT molecular complexity index is 1320. The first-order chi connectivity index (χ1) is 18.0. The molecule has 2 amide bonds. The van der Waals surface area contributed by atoms with Gasteiger partial charge in [0.15, 0.2) is 0 Å². The van der Waals surface area contributed by atoms with Crippen molar-refractivity contribution >= 4 is 46.7 Å². The van der Waals surface area contributed by atoms with Crippen LogP contribution in [0.15, 0.2) is 36.4 Å². The molecule has 0 unspecified atom stereocenters. The van der Waals surface area contributed by atoms with E-state index in [1.165, 1.54) is 6.07 Å². The molecule has 0 saturated carbocycles. The molecule has 2 aromatic carbocycles.